The highest BCUT2D eigenvalue weighted by atomic mass is 16.5. The van der Waals surface area contributed by atoms with Crippen LogP contribution in [0.3, 0.4) is 0 Å². The van der Waals surface area contributed by atoms with Crippen LogP contribution >= 0.6 is 0 Å². The first-order valence-electron chi connectivity index (χ1n) is 4.80. The Hall–Kier alpha value is -1.30. The number of rotatable bonds is 4. The second-order valence-corrected chi connectivity index (χ2v) is 3.06. The summed E-state index contributed by atoms with van der Waals surface area (Å²) < 4.78 is 4.91. The lowest BCUT2D eigenvalue weighted by molar-refractivity contribution is -0.150. The fourth-order valence-electron chi connectivity index (χ4n) is 1.30. The van der Waals surface area contributed by atoms with E-state index in [0.717, 1.165) is 5.57 Å². The zero-order chi connectivity index (χ0) is 11.2. The van der Waals surface area contributed by atoms with Gasteiger partial charge in [-0.3, -0.25) is 0 Å². The SMILES string of the molecule is C/C=C(\C)C(C#N)(CC)C(=O)OCC. The Morgan fingerprint density at radius 1 is 1.57 bits per heavy atom. The van der Waals surface area contributed by atoms with Crippen molar-refractivity contribution in [3.8, 4) is 6.07 Å². The summed E-state index contributed by atoms with van der Waals surface area (Å²) in [5.74, 6) is -0.444. The maximum atomic E-state index is 11.6. The number of allylic oxidation sites excluding steroid dienone is 1. The largest absolute Gasteiger partial charge is 0.465 e. The van der Waals surface area contributed by atoms with E-state index in [0.29, 0.717) is 13.0 Å². The molecule has 0 aliphatic carbocycles. The van der Waals surface area contributed by atoms with Gasteiger partial charge in [0.2, 0.25) is 0 Å². The van der Waals surface area contributed by atoms with Crippen molar-refractivity contribution in [3.05, 3.63) is 11.6 Å². The van der Waals surface area contributed by atoms with E-state index >= 15 is 0 Å². The molecule has 0 saturated carbocycles. The van der Waals surface area contributed by atoms with Crippen LogP contribution in [-0.2, 0) is 9.53 Å². The van der Waals surface area contributed by atoms with Gasteiger partial charge in [-0.2, -0.15) is 5.26 Å². The van der Waals surface area contributed by atoms with Crippen molar-refractivity contribution in [2.75, 3.05) is 6.61 Å². The van der Waals surface area contributed by atoms with Crippen LogP contribution in [0.1, 0.15) is 34.1 Å². The first-order chi connectivity index (χ1) is 6.58. The van der Waals surface area contributed by atoms with Gasteiger partial charge in [0, 0.05) is 0 Å². The van der Waals surface area contributed by atoms with Gasteiger partial charge in [0.15, 0.2) is 5.41 Å². The molecule has 78 valence electrons. The molecule has 0 heterocycles. The van der Waals surface area contributed by atoms with Crippen LogP contribution in [0.5, 0.6) is 0 Å². The molecule has 0 amide bonds. The number of ether oxygens (including phenoxy) is 1. The minimum Gasteiger partial charge on any atom is -0.465 e. The molecule has 3 nitrogen and oxygen atoms in total. The third-order valence-corrected chi connectivity index (χ3v) is 2.45. The Morgan fingerprint density at radius 2 is 2.14 bits per heavy atom. The second-order valence-electron chi connectivity index (χ2n) is 3.06. The second kappa shape index (κ2) is 5.43. The average Bonchev–Trinajstić information content (AvgIpc) is 2.20. The summed E-state index contributed by atoms with van der Waals surface area (Å²) in [5, 5.41) is 9.08. The molecule has 0 fully saturated rings. The number of esters is 1. The molecule has 0 aliphatic rings. The molecule has 0 aromatic heterocycles. The van der Waals surface area contributed by atoms with Gasteiger partial charge in [-0.15, -0.1) is 0 Å². The van der Waals surface area contributed by atoms with Crippen molar-refractivity contribution in [2.24, 2.45) is 5.41 Å². The van der Waals surface area contributed by atoms with E-state index in [9.17, 15) is 4.79 Å². The Balaban J connectivity index is 5.10. The van der Waals surface area contributed by atoms with E-state index < -0.39 is 11.4 Å². The van der Waals surface area contributed by atoms with Crippen LogP contribution in [0, 0.1) is 16.7 Å². The molecule has 0 radical (unpaired) electrons. The molecule has 0 bridgehead atoms. The molecule has 0 aromatic carbocycles. The average molecular weight is 195 g/mol. The third-order valence-electron chi connectivity index (χ3n) is 2.45. The summed E-state index contributed by atoms with van der Waals surface area (Å²) in [4.78, 5) is 11.6. The van der Waals surface area contributed by atoms with Crippen molar-refractivity contribution >= 4 is 5.97 Å². The lowest BCUT2D eigenvalue weighted by Gasteiger charge is -2.23. The van der Waals surface area contributed by atoms with E-state index in [2.05, 4.69) is 6.07 Å². The van der Waals surface area contributed by atoms with E-state index in [-0.39, 0.29) is 0 Å². The highest BCUT2D eigenvalue weighted by Crippen LogP contribution is 2.31. The van der Waals surface area contributed by atoms with Crippen molar-refractivity contribution in [1.29, 1.82) is 5.26 Å². The minimum absolute atomic E-state index is 0.305. The van der Waals surface area contributed by atoms with Gasteiger partial charge in [0.05, 0.1) is 12.7 Å². The zero-order valence-corrected chi connectivity index (χ0v) is 9.26. The van der Waals surface area contributed by atoms with Crippen LogP contribution in [-0.4, -0.2) is 12.6 Å². The molecule has 3 heteroatoms. The fourth-order valence-corrected chi connectivity index (χ4v) is 1.30. The topological polar surface area (TPSA) is 50.1 Å². The maximum absolute atomic E-state index is 11.6. The molecule has 1 unspecified atom stereocenters. The molecule has 0 N–H and O–H groups in total. The first kappa shape index (κ1) is 12.7. The number of nitriles is 1. The Kier molecular flexibility index (Phi) is 4.93. The van der Waals surface area contributed by atoms with Crippen molar-refractivity contribution in [1.82, 2.24) is 0 Å². The molecule has 1 atom stereocenters. The fraction of sp³-hybridized carbons (Fsp3) is 0.636. The summed E-state index contributed by atoms with van der Waals surface area (Å²) >= 11 is 0. The molecular formula is C11H17NO2. The summed E-state index contributed by atoms with van der Waals surface area (Å²) in [7, 11) is 0. The van der Waals surface area contributed by atoms with Crippen molar-refractivity contribution in [3.63, 3.8) is 0 Å². The van der Waals surface area contributed by atoms with Crippen LogP contribution < -0.4 is 0 Å². The normalized spacial score (nSPS) is 15.5. The van der Waals surface area contributed by atoms with Crippen molar-refractivity contribution < 1.29 is 9.53 Å². The van der Waals surface area contributed by atoms with Gasteiger partial charge in [0.25, 0.3) is 0 Å². The maximum Gasteiger partial charge on any atom is 0.330 e. The van der Waals surface area contributed by atoms with Crippen LogP contribution in [0.2, 0.25) is 0 Å². The highest BCUT2D eigenvalue weighted by molar-refractivity contribution is 5.83. The van der Waals surface area contributed by atoms with E-state index in [1.54, 1.807) is 19.9 Å². The number of carbonyl (C=O) groups excluding carboxylic acids is 1. The smallest absolute Gasteiger partial charge is 0.330 e. The Labute approximate surface area is 85.4 Å². The Morgan fingerprint density at radius 3 is 2.43 bits per heavy atom. The first-order valence-corrected chi connectivity index (χ1v) is 4.80. The third kappa shape index (κ3) is 2.14. The van der Waals surface area contributed by atoms with E-state index in [1.165, 1.54) is 0 Å². The molecular weight excluding hydrogens is 178 g/mol. The monoisotopic (exact) mass is 195 g/mol. The summed E-state index contributed by atoms with van der Waals surface area (Å²) in [5.41, 5.74) is -0.342. The zero-order valence-electron chi connectivity index (χ0n) is 9.26. The predicted octanol–water partition coefficient (Wildman–Crippen LogP) is 2.44. The van der Waals surface area contributed by atoms with Gasteiger partial charge >= 0.3 is 5.97 Å². The van der Waals surface area contributed by atoms with Crippen LogP contribution in [0.4, 0.5) is 0 Å². The molecule has 0 aromatic rings. The standard InChI is InChI=1S/C11H17NO2/c1-5-9(4)11(6-2,8-12)10(13)14-7-3/h5H,6-7H2,1-4H3/b9-5+. The number of hydrogen-bond acceptors (Lipinski definition) is 3. The number of nitrogens with zero attached hydrogens (tertiary/aromatic N) is 1. The highest BCUT2D eigenvalue weighted by Gasteiger charge is 2.39. The van der Waals surface area contributed by atoms with Gasteiger partial charge in [-0.05, 0) is 32.8 Å². The molecule has 0 rings (SSSR count). The van der Waals surface area contributed by atoms with Gasteiger partial charge < -0.3 is 4.74 Å². The van der Waals surface area contributed by atoms with Crippen molar-refractivity contribution in [2.45, 2.75) is 34.1 Å². The number of carbonyl (C=O) groups is 1. The van der Waals surface area contributed by atoms with Crippen LogP contribution in [0.25, 0.3) is 0 Å². The lowest BCUT2D eigenvalue weighted by Crippen LogP contribution is -2.32. The molecule has 0 aliphatic heterocycles. The molecule has 14 heavy (non-hydrogen) atoms. The van der Waals surface area contributed by atoms with Gasteiger partial charge in [-0.25, -0.2) is 4.79 Å². The molecule has 0 spiro atoms. The summed E-state index contributed by atoms with van der Waals surface area (Å²) in [6.07, 6.45) is 2.22. The molecule has 0 saturated heterocycles. The summed E-state index contributed by atoms with van der Waals surface area (Å²) in [6, 6.07) is 2.06. The number of hydrogen-bond donors (Lipinski definition) is 0. The quantitative estimate of drug-likeness (QED) is 0.511. The van der Waals surface area contributed by atoms with E-state index in [4.69, 9.17) is 10.00 Å². The Bertz CT molecular complexity index is 276. The summed E-state index contributed by atoms with van der Waals surface area (Å²) in [6.45, 7) is 7.45. The van der Waals surface area contributed by atoms with Gasteiger partial charge in [0.1, 0.15) is 0 Å². The predicted molar refractivity (Wildman–Crippen MR) is 54.4 cm³/mol. The van der Waals surface area contributed by atoms with Crippen LogP contribution in [0.15, 0.2) is 11.6 Å². The minimum atomic E-state index is -1.09. The van der Waals surface area contributed by atoms with Gasteiger partial charge in [-0.1, -0.05) is 13.0 Å². The van der Waals surface area contributed by atoms with E-state index in [1.807, 2.05) is 13.8 Å². The lowest BCUT2D eigenvalue weighted by atomic mass is 9.79.